The first-order valence-electron chi connectivity index (χ1n) is 8.79. The number of carbonyl (C=O) groups is 1. The van der Waals surface area contributed by atoms with E-state index in [4.69, 9.17) is 14.6 Å². The zero-order valence-electron chi connectivity index (χ0n) is 15.7. The van der Waals surface area contributed by atoms with Gasteiger partial charge in [0.25, 0.3) is 15.9 Å². The summed E-state index contributed by atoms with van der Waals surface area (Å²) in [5.74, 6) is 0.379. The number of aromatic nitrogens is 2. The lowest BCUT2D eigenvalue weighted by molar-refractivity contribution is 0.209. The van der Waals surface area contributed by atoms with Crippen LogP contribution in [0.1, 0.15) is 20.8 Å². The Labute approximate surface area is 162 Å². The highest BCUT2D eigenvalue weighted by molar-refractivity contribution is 7.93. The molecule has 3 rings (SSSR count). The van der Waals surface area contributed by atoms with Crippen LogP contribution in [-0.4, -0.2) is 48.7 Å². The van der Waals surface area contributed by atoms with Gasteiger partial charge in [-0.2, -0.15) is 0 Å². The molecule has 1 amide bonds. The molecule has 28 heavy (non-hydrogen) atoms. The van der Waals surface area contributed by atoms with Crippen molar-refractivity contribution in [2.24, 2.45) is 0 Å². The number of benzene rings is 1. The SMILES string of the molecule is CCOc1nn(CC)cc1S(=O)(=O)N1C[C@H](C)Oc2ccc(NC(=O)O)cc21. The van der Waals surface area contributed by atoms with E-state index in [9.17, 15) is 13.2 Å². The van der Waals surface area contributed by atoms with Crippen molar-refractivity contribution in [3.8, 4) is 11.6 Å². The molecule has 2 aromatic rings. The molecule has 1 aromatic heterocycles. The second kappa shape index (κ2) is 7.58. The van der Waals surface area contributed by atoms with Gasteiger partial charge in [0.1, 0.15) is 11.9 Å². The van der Waals surface area contributed by atoms with Crippen LogP contribution < -0.4 is 19.1 Å². The summed E-state index contributed by atoms with van der Waals surface area (Å²) in [6.45, 7) is 6.17. The van der Waals surface area contributed by atoms with Crippen LogP contribution in [0.2, 0.25) is 0 Å². The van der Waals surface area contributed by atoms with E-state index in [-0.39, 0.29) is 35.3 Å². The lowest BCUT2D eigenvalue weighted by atomic mass is 10.2. The van der Waals surface area contributed by atoms with Gasteiger partial charge in [-0.1, -0.05) is 0 Å². The minimum absolute atomic E-state index is 0.0323. The third-order valence-corrected chi connectivity index (χ3v) is 5.86. The van der Waals surface area contributed by atoms with Gasteiger partial charge in [0.15, 0.2) is 4.90 Å². The van der Waals surface area contributed by atoms with Gasteiger partial charge in [0, 0.05) is 18.4 Å². The Morgan fingerprint density at radius 1 is 1.43 bits per heavy atom. The molecular formula is C17H22N4O6S. The predicted octanol–water partition coefficient (Wildman–Crippen LogP) is 2.37. The van der Waals surface area contributed by atoms with Crippen molar-refractivity contribution in [2.75, 3.05) is 22.8 Å². The highest BCUT2D eigenvalue weighted by Gasteiger charge is 2.36. The van der Waals surface area contributed by atoms with Crippen LogP contribution in [0, 0.1) is 0 Å². The van der Waals surface area contributed by atoms with Crippen LogP contribution in [0.25, 0.3) is 0 Å². The number of sulfonamides is 1. The Bertz CT molecular complexity index is 988. The molecule has 152 valence electrons. The summed E-state index contributed by atoms with van der Waals surface area (Å²) in [5, 5.41) is 15.3. The van der Waals surface area contributed by atoms with Crippen molar-refractivity contribution >= 4 is 27.5 Å². The predicted molar refractivity (Wildman–Crippen MR) is 102 cm³/mol. The summed E-state index contributed by atoms with van der Waals surface area (Å²) in [6.07, 6.45) is -0.209. The van der Waals surface area contributed by atoms with E-state index < -0.39 is 22.2 Å². The Morgan fingerprint density at radius 2 is 2.18 bits per heavy atom. The van der Waals surface area contributed by atoms with Gasteiger partial charge in [-0.3, -0.25) is 14.3 Å². The molecule has 1 aliphatic heterocycles. The minimum atomic E-state index is -4.03. The maximum Gasteiger partial charge on any atom is 0.409 e. The summed E-state index contributed by atoms with van der Waals surface area (Å²) in [5.41, 5.74) is 0.481. The van der Waals surface area contributed by atoms with Gasteiger partial charge in [-0.25, -0.2) is 13.2 Å². The number of fused-ring (bicyclic) bond motifs is 1. The number of anilines is 2. The number of rotatable bonds is 6. The first-order valence-corrected chi connectivity index (χ1v) is 10.2. The van der Waals surface area contributed by atoms with Gasteiger partial charge in [-0.05, 0) is 39.0 Å². The first-order chi connectivity index (χ1) is 13.3. The molecule has 0 bridgehead atoms. The molecule has 0 radical (unpaired) electrons. The zero-order valence-corrected chi connectivity index (χ0v) is 16.6. The molecule has 0 aliphatic carbocycles. The summed E-state index contributed by atoms with van der Waals surface area (Å²) in [4.78, 5) is 10.9. The largest absolute Gasteiger partial charge is 0.487 e. The Kier molecular flexibility index (Phi) is 5.36. The van der Waals surface area contributed by atoms with Gasteiger partial charge >= 0.3 is 6.09 Å². The van der Waals surface area contributed by atoms with Crippen molar-refractivity contribution < 1.29 is 27.8 Å². The molecule has 2 heterocycles. The molecule has 11 heteroatoms. The van der Waals surface area contributed by atoms with E-state index in [1.54, 1.807) is 13.8 Å². The van der Waals surface area contributed by atoms with E-state index in [0.717, 1.165) is 0 Å². The van der Waals surface area contributed by atoms with Crippen LogP contribution in [0.3, 0.4) is 0 Å². The Morgan fingerprint density at radius 3 is 2.82 bits per heavy atom. The van der Waals surface area contributed by atoms with Crippen LogP contribution in [0.5, 0.6) is 11.6 Å². The maximum absolute atomic E-state index is 13.5. The average molecular weight is 410 g/mol. The second-order valence-corrected chi connectivity index (χ2v) is 8.00. The zero-order chi connectivity index (χ0) is 20.5. The van der Waals surface area contributed by atoms with Crippen LogP contribution in [-0.2, 0) is 16.6 Å². The quantitative estimate of drug-likeness (QED) is 0.749. The highest BCUT2D eigenvalue weighted by Crippen LogP contribution is 2.40. The molecule has 1 aliphatic rings. The molecule has 10 nitrogen and oxygen atoms in total. The van der Waals surface area contributed by atoms with Crippen molar-refractivity contribution in [2.45, 2.75) is 38.3 Å². The summed E-state index contributed by atoms with van der Waals surface area (Å²) in [7, 11) is -4.03. The smallest absolute Gasteiger partial charge is 0.409 e. The molecular weight excluding hydrogens is 388 g/mol. The van der Waals surface area contributed by atoms with Gasteiger partial charge < -0.3 is 14.6 Å². The molecule has 1 atom stereocenters. The van der Waals surface area contributed by atoms with Gasteiger partial charge in [0.2, 0.25) is 0 Å². The van der Waals surface area contributed by atoms with Crippen molar-refractivity contribution in [1.82, 2.24) is 9.78 Å². The van der Waals surface area contributed by atoms with Crippen molar-refractivity contribution in [3.05, 3.63) is 24.4 Å². The maximum atomic E-state index is 13.5. The number of hydrogen-bond donors (Lipinski definition) is 2. The molecule has 0 fully saturated rings. The normalized spacial score (nSPS) is 16.2. The van der Waals surface area contributed by atoms with Gasteiger partial charge in [0.05, 0.1) is 18.8 Å². The molecule has 0 saturated carbocycles. The van der Waals surface area contributed by atoms with E-state index in [0.29, 0.717) is 12.3 Å². The third-order valence-electron chi connectivity index (χ3n) is 4.10. The third kappa shape index (κ3) is 3.70. The summed E-state index contributed by atoms with van der Waals surface area (Å²) in [6, 6.07) is 4.48. The number of carboxylic acid groups (broad SMARTS) is 1. The van der Waals surface area contributed by atoms with E-state index in [1.807, 2.05) is 6.92 Å². The fraction of sp³-hybridized carbons (Fsp3) is 0.412. The number of amides is 1. The standard InChI is InChI=1S/C17H22N4O6S/c1-4-20-10-15(16(19-20)26-5-2)28(24,25)21-9-11(3)27-14-7-6-12(8-13(14)21)18-17(22)23/h6-8,10-11,18H,4-5,9H2,1-3H3,(H,22,23)/t11-/m0/s1. The average Bonchev–Trinajstić information content (AvgIpc) is 3.05. The monoisotopic (exact) mass is 410 g/mol. The Balaban J connectivity index is 2.10. The molecule has 1 aromatic carbocycles. The number of nitrogens with one attached hydrogen (secondary N) is 1. The molecule has 0 unspecified atom stereocenters. The van der Waals surface area contributed by atoms with Gasteiger partial charge in [-0.15, -0.1) is 5.10 Å². The molecule has 0 spiro atoms. The number of hydrogen-bond acceptors (Lipinski definition) is 6. The van der Waals surface area contributed by atoms with Crippen molar-refractivity contribution in [1.29, 1.82) is 0 Å². The van der Waals surface area contributed by atoms with Crippen LogP contribution >= 0.6 is 0 Å². The van der Waals surface area contributed by atoms with Crippen LogP contribution in [0.15, 0.2) is 29.3 Å². The lowest BCUT2D eigenvalue weighted by Crippen LogP contribution is -2.42. The van der Waals surface area contributed by atoms with E-state index in [2.05, 4.69) is 10.4 Å². The van der Waals surface area contributed by atoms with E-state index >= 15 is 0 Å². The molecule has 2 N–H and O–H groups in total. The lowest BCUT2D eigenvalue weighted by Gasteiger charge is -2.34. The summed E-state index contributed by atoms with van der Waals surface area (Å²) < 4.78 is 40.7. The number of ether oxygens (including phenoxy) is 2. The minimum Gasteiger partial charge on any atom is -0.487 e. The fourth-order valence-electron chi connectivity index (χ4n) is 2.91. The Hall–Kier alpha value is -2.95. The van der Waals surface area contributed by atoms with E-state index in [1.165, 1.54) is 33.4 Å². The highest BCUT2D eigenvalue weighted by atomic mass is 32.2. The summed E-state index contributed by atoms with van der Waals surface area (Å²) >= 11 is 0. The first kappa shape index (κ1) is 19.8. The number of aryl methyl sites for hydroxylation is 1. The molecule has 0 saturated heterocycles. The second-order valence-electron chi connectivity index (χ2n) is 6.16. The number of nitrogens with zero attached hydrogens (tertiary/aromatic N) is 3. The fourth-order valence-corrected chi connectivity index (χ4v) is 4.53. The van der Waals surface area contributed by atoms with Crippen molar-refractivity contribution in [3.63, 3.8) is 0 Å². The topological polar surface area (TPSA) is 123 Å². The van der Waals surface area contributed by atoms with Crippen LogP contribution in [0.4, 0.5) is 16.2 Å².